The van der Waals surface area contributed by atoms with E-state index in [0.29, 0.717) is 0 Å². The molecule has 0 spiro atoms. The second-order valence-electron chi connectivity index (χ2n) is 6.93. The molecule has 4 rings (SSSR count). The van der Waals surface area contributed by atoms with E-state index >= 15 is 0 Å². The van der Waals surface area contributed by atoms with Gasteiger partial charge in [-0.25, -0.2) is 4.98 Å². The standard InChI is InChI=1S/C19H26N4/c1-21-9-8-20-19(21)15-22-10-12-23(13-11-22)18-7-6-16-4-2-3-5-17(16)14-18/h2-5,8-9,18H,6-7,10-15H2,1H3/t18-/m1/s1. The lowest BCUT2D eigenvalue weighted by Crippen LogP contribution is -2.51. The number of aryl methyl sites for hydroxylation is 2. The molecular formula is C19H26N4. The Morgan fingerprint density at radius 3 is 2.61 bits per heavy atom. The zero-order chi connectivity index (χ0) is 15.6. The van der Waals surface area contributed by atoms with Crippen molar-refractivity contribution < 1.29 is 0 Å². The van der Waals surface area contributed by atoms with Crippen molar-refractivity contribution in [3.63, 3.8) is 0 Å². The summed E-state index contributed by atoms with van der Waals surface area (Å²) in [6.07, 6.45) is 7.72. The molecule has 4 heteroatoms. The van der Waals surface area contributed by atoms with Crippen molar-refractivity contribution in [1.82, 2.24) is 19.4 Å². The van der Waals surface area contributed by atoms with E-state index in [4.69, 9.17) is 0 Å². The number of aromatic nitrogens is 2. The van der Waals surface area contributed by atoms with Gasteiger partial charge in [-0.1, -0.05) is 24.3 Å². The number of benzene rings is 1. The summed E-state index contributed by atoms with van der Waals surface area (Å²) in [5.41, 5.74) is 3.14. The molecule has 1 atom stereocenters. The average molecular weight is 310 g/mol. The number of piperazine rings is 1. The third kappa shape index (κ3) is 3.19. The number of hydrogen-bond donors (Lipinski definition) is 0. The van der Waals surface area contributed by atoms with Gasteiger partial charge in [-0.3, -0.25) is 9.80 Å². The quantitative estimate of drug-likeness (QED) is 0.868. The summed E-state index contributed by atoms with van der Waals surface area (Å²) >= 11 is 0. The van der Waals surface area contributed by atoms with Gasteiger partial charge in [0.15, 0.2) is 0 Å². The van der Waals surface area contributed by atoms with Crippen molar-refractivity contribution in [3.05, 3.63) is 53.6 Å². The van der Waals surface area contributed by atoms with E-state index < -0.39 is 0 Å². The molecule has 2 aromatic rings. The summed E-state index contributed by atoms with van der Waals surface area (Å²) in [6, 6.07) is 9.72. The van der Waals surface area contributed by atoms with Crippen LogP contribution in [-0.4, -0.2) is 51.6 Å². The molecule has 2 aliphatic rings. The second-order valence-corrected chi connectivity index (χ2v) is 6.93. The maximum Gasteiger partial charge on any atom is 0.122 e. The molecule has 122 valence electrons. The van der Waals surface area contributed by atoms with E-state index in [2.05, 4.69) is 50.7 Å². The maximum absolute atomic E-state index is 4.45. The van der Waals surface area contributed by atoms with Gasteiger partial charge in [0.1, 0.15) is 5.82 Å². The molecule has 1 saturated heterocycles. The lowest BCUT2D eigenvalue weighted by atomic mass is 9.87. The Morgan fingerprint density at radius 2 is 1.87 bits per heavy atom. The molecule has 0 N–H and O–H groups in total. The fraction of sp³-hybridized carbons (Fsp3) is 0.526. The van der Waals surface area contributed by atoms with Gasteiger partial charge >= 0.3 is 0 Å². The van der Waals surface area contributed by atoms with Crippen LogP contribution in [0.3, 0.4) is 0 Å². The molecule has 0 saturated carbocycles. The highest BCUT2D eigenvalue weighted by atomic mass is 15.3. The van der Waals surface area contributed by atoms with Crippen LogP contribution < -0.4 is 0 Å². The van der Waals surface area contributed by atoms with Gasteiger partial charge in [-0.2, -0.15) is 0 Å². The smallest absolute Gasteiger partial charge is 0.122 e. The molecular weight excluding hydrogens is 284 g/mol. The molecule has 0 radical (unpaired) electrons. The first-order valence-electron chi connectivity index (χ1n) is 8.79. The number of hydrogen-bond acceptors (Lipinski definition) is 3. The second kappa shape index (κ2) is 6.46. The van der Waals surface area contributed by atoms with E-state index in [1.807, 2.05) is 12.4 Å². The van der Waals surface area contributed by atoms with Gasteiger partial charge in [0.2, 0.25) is 0 Å². The van der Waals surface area contributed by atoms with Crippen LogP contribution in [0, 0.1) is 0 Å². The molecule has 1 fully saturated rings. The third-order valence-corrected chi connectivity index (χ3v) is 5.53. The van der Waals surface area contributed by atoms with Crippen LogP contribution in [-0.2, 0) is 26.4 Å². The fourth-order valence-electron chi connectivity index (χ4n) is 4.03. The zero-order valence-corrected chi connectivity index (χ0v) is 14.0. The molecule has 23 heavy (non-hydrogen) atoms. The van der Waals surface area contributed by atoms with Crippen molar-refractivity contribution in [1.29, 1.82) is 0 Å². The highest BCUT2D eigenvalue weighted by Gasteiger charge is 2.27. The maximum atomic E-state index is 4.45. The summed E-state index contributed by atoms with van der Waals surface area (Å²) < 4.78 is 2.13. The minimum Gasteiger partial charge on any atom is -0.337 e. The predicted molar refractivity (Wildman–Crippen MR) is 92.3 cm³/mol. The highest BCUT2D eigenvalue weighted by molar-refractivity contribution is 5.30. The monoisotopic (exact) mass is 310 g/mol. The van der Waals surface area contributed by atoms with Gasteiger partial charge in [0.25, 0.3) is 0 Å². The average Bonchev–Trinajstić information content (AvgIpc) is 3.00. The summed E-state index contributed by atoms with van der Waals surface area (Å²) in [5.74, 6) is 1.17. The summed E-state index contributed by atoms with van der Waals surface area (Å²) in [6.45, 7) is 5.68. The van der Waals surface area contributed by atoms with E-state index in [1.54, 1.807) is 11.1 Å². The van der Waals surface area contributed by atoms with Crippen LogP contribution in [0.5, 0.6) is 0 Å². The Hall–Kier alpha value is -1.65. The van der Waals surface area contributed by atoms with Crippen LogP contribution in [0.15, 0.2) is 36.7 Å². The first-order chi connectivity index (χ1) is 11.3. The Labute approximate surface area is 138 Å². The Morgan fingerprint density at radius 1 is 1.09 bits per heavy atom. The fourth-order valence-corrected chi connectivity index (χ4v) is 4.03. The van der Waals surface area contributed by atoms with Gasteiger partial charge < -0.3 is 4.57 Å². The van der Waals surface area contributed by atoms with Gasteiger partial charge in [-0.05, 0) is 30.4 Å². The Kier molecular flexibility index (Phi) is 4.19. The van der Waals surface area contributed by atoms with Crippen LogP contribution >= 0.6 is 0 Å². The van der Waals surface area contributed by atoms with Crippen LogP contribution in [0.25, 0.3) is 0 Å². The van der Waals surface area contributed by atoms with E-state index in [-0.39, 0.29) is 0 Å². The topological polar surface area (TPSA) is 24.3 Å². The lowest BCUT2D eigenvalue weighted by molar-refractivity contribution is 0.0838. The Balaban J connectivity index is 1.33. The van der Waals surface area contributed by atoms with Gasteiger partial charge in [-0.15, -0.1) is 0 Å². The van der Waals surface area contributed by atoms with E-state index in [9.17, 15) is 0 Å². The van der Waals surface area contributed by atoms with Crippen LogP contribution in [0.2, 0.25) is 0 Å². The van der Waals surface area contributed by atoms with Crippen molar-refractivity contribution in [3.8, 4) is 0 Å². The summed E-state index contributed by atoms with van der Waals surface area (Å²) in [5, 5.41) is 0. The van der Waals surface area contributed by atoms with Crippen molar-refractivity contribution in [2.75, 3.05) is 26.2 Å². The predicted octanol–water partition coefficient (Wildman–Crippen LogP) is 2.10. The minimum atomic E-state index is 0.736. The molecule has 1 aromatic carbocycles. The lowest BCUT2D eigenvalue weighted by Gasteiger charge is -2.41. The van der Waals surface area contributed by atoms with Gasteiger partial charge in [0, 0.05) is 51.7 Å². The first kappa shape index (κ1) is 14.9. The van der Waals surface area contributed by atoms with E-state index in [1.165, 1.54) is 38.2 Å². The molecule has 0 bridgehead atoms. The molecule has 0 unspecified atom stereocenters. The molecule has 2 heterocycles. The molecule has 1 aromatic heterocycles. The first-order valence-corrected chi connectivity index (χ1v) is 8.79. The number of imidazole rings is 1. The third-order valence-electron chi connectivity index (χ3n) is 5.53. The molecule has 1 aliphatic carbocycles. The number of fused-ring (bicyclic) bond motifs is 1. The van der Waals surface area contributed by atoms with Crippen LogP contribution in [0.1, 0.15) is 23.4 Å². The SMILES string of the molecule is Cn1ccnc1CN1CCN([C@@H]2CCc3ccccc3C2)CC1. The largest absolute Gasteiger partial charge is 0.337 e. The molecule has 4 nitrogen and oxygen atoms in total. The molecule has 1 aliphatic heterocycles. The van der Waals surface area contributed by atoms with Gasteiger partial charge in [0.05, 0.1) is 6.54 Å². The van der Waals surface area contributed by atoms with Crippen LogP contribution in [0.4, 0.5) is 0 Å². The van der Waals surface area contributed by atoms with Crippen molar-refractivity contribution in [2.24, 2.45) is 7.05 Å². The van der Waals surface area contributed by atoms with Crippen molar-refractivity contribution >= 4 is 0 Å². The Bertz CT molecular complexity index is 655. The number of rotatable bonds is 3. The zero-order valence-electron chi connectivity index (χ0n) is 14.0. The molecule has 0 amide bonds. The normalized spacial score (nSPS) is 22.9. The summed E-state index contributed by atoms with van der Waals surface area (Å²) in [4.78, 5) is 9.70. The van der Waals surface area contributed by atoms with Crippen molar-refractivity contribution in [2.45, 2.75) is 31.8 Å². The minimum absolute atomic E-state index is 0.736. The summed E-state index contributed by atoms with van der Waals surface area (Å²) in [7, 11) is 2.08. The highest BCUT2D eigenvalue weighted by Crippen LogP contribution is 2.25. The van der Waals surface area contributed by atoms with E-state index in [0.717, 1.165) is 25.7 Å². The number of nitrogens with zero attached hydrogens (tertiary/aromatic N) is 4.